The van der Waals surface area contributed by atoms with E-state index >= 15 is 0 Å². The third kappa shape index (κ3) is 2.99. The van der Waals surface area contributed by atoms with Crippen molar-refractivity contribution < 1.29 is 9.53 Å². The number of hydrogen-bond donors (Lipinski definition) is 1. The monoisotopic (exact) mass is 355 g/mol. The van der Waals surface area contributed by atoms with E-state index in [-0.39, 0.29) is 24.1 Å². The van der Waals surface area contributed by atoms with E-state index in [1.54, 1.807) is 4.90 Å². The van der Waals surface area contributed by atoms with Crippen molar-refractivity contribution in [2.24, 2.45) is 0 Å². The van der Waals surface area contributed by atoms with Gasteiger partial charge in [0, 0.05) is 25.0 Å². The topological polar surface area (TPSA) is 84.4 Å². The van der Waals surface area contributed by atoms with Gasteiger partial charge in [-0.3, -0.25) is 14.2 Å². The summed E-state index contributed by atoms with van der Waals surface area (Å²) in [5.41, 5.74) is 0.842. The summed E-state index contributed by atoms with van der Waals surface area (Å²) < 4.78 is 6.60. The molecule has 0 bridgehead atoms. The van der Waals surface area contributed by atoms with Gasteiger partial charge in [-0.2, -0.15) is 0 Å². The number of aromatic amines is 1. The van der Waals surface area contributed by atoms with Crippen LogP contribution in [0.15, 0.2) is 40.1 Å². The van der Waals surface area contributed by atoms with Gasteiger partial charge < -0.3 is 14.6 Å². The first kappa shape index (κ1) is 16.8. The first-order valence-electron chi connectivity index (χ1n) is 8.99. The molecule has 136 valence electrons. The number of carbonyl (C=O) groups excluding carboxylic acids is 1. The van der Waals surface area contributed by atoms with Crippen molar-refractivity contribution in [3.05, 3.63) is 62.4 Å². The summed E-state index contributed by atoms with van der Waals surface area (Å²) in [6.45, 7) is 1.37. The van der Waals surface area contributed by atoms with Crippen LogP contribution in [0.1, 0.15) is 35.2 Å². The molecule has 2 aliphatic rings. The fourth-order valence-corrected chi connectivity index (χ4v) is 3.71. The Balaban J connectivity index is 1.69. The van der Waals surface area contributed by atoms with E-state index in [9.17, 15) is 14.4 Å². The molecule has 1 amide bonds. The normalized spacial score (nSPS) is 19.4. The number of benzene rings is 1. The van der Waals surface area contributed by atoms with Crippen LogP contribution in [-0.4, -0.2) is 34.7 Å². The average molecular weight is 355 g/mol. The summed E-state index contributed by atoms with van der Waals surface area (Å²) in [6, 6.07) is 7.72. The van der Waals surface area contributed by atoms with Crippen LogP contribution >= 0.6 is 0 Å². The SMILES string of the molecule is O=C(c1c[nH]c(=O)n(CC2CCCO2)c1=O)N1CCCc2ccccc21. The van der Waals surface area contributed by atoms with Crippen LogP contribution in [0.2, 0.25) is 0 Å². The second-order valence-corrected chi connectivity index (χ2v) is 6.75. The molecule has 0 radical (unpaired) electrons. The molecule has 1 N–H and O–H groups in total. The molecule has 1 fully saturated rings. The Morgan fingerprint density at radius 2 is 2.08 bits per heavy atom. The molecule has 26 heavy (non-hydrogen) atoms. The maximum absolute atomic E-state index is 13.0. The Labute approximate surface area is 150 Å². The highest BCUT2D eigenvalue weighted by Crippen LogP contribution is 2.27. The first-order chi connectivity index (χ1) is 12.6. The predicted octanol–water partition coefficient (Wildman–Crippen LogP) is 1.31. The molecule has 1 atom stereocenters. The number of rotatable bonds is 3. The van der Waals surface area contributed by atoms with E-state index in [2.05, 4.69) is 4.98 Å². The number of fused-ring (bicyclic) bond motifs is 1. The second kappa shape index (κ2) is 6.92. The molecule has 1 aromatic carbocycles. The maximum Gasteiger partial charge on any atom is 0.328 e. The number of aryl methyl sites for hydroxylation is 1. The lowest BCUT2D eigenvalue weighted by Crippen LogP contribution is -2.44. The summed E-state index contributed by atoms with van der Waals surface area (Å²) >= 11 is 0. The van der Waals surface area contributed by atoms with Gasteiger partial charge in [0.1, 0.15) is 5.56 Å². The quantitative estimate of drug-likeness (QED) is 0.900. The number of anilines is 1. The van der Waals surface area contributed by atoms with E-state index < -0.39 is 11.2 Å². The van der Waals surface area contributed by atoms with Crippen LogP contribution in [0.5, 0.6) is 0 Å². The van der Waals surface area contributed by atoms with Gasteiger partial charge in [0.05, 0.1) is 12.6 Å². The molecule has 0 saturated carbocycles. The Hall–Kier alpha value is -2.67. The number of aromatic nitrogens is 2. The third-order valence-electron chi connectivity index (χ3n) is 5.06. The fraction of sp³-hybridized carbons (Fsp3) is 0.421. The van der Waals surface area contributed by atoms with Gasteiger partial charge in [-0.1, -0.05) is 18.2 Å². The summed E-state index contributed by atoms with van der Waals surface area (Å²) in [5, 5.41) is 0. The van der Waals surface area contributed by atoms with Gasteiger partial charge in [0.2, 0.25) is 0 Å². The van der Waals surface area contributed by atoms with Crippen molar-refractivity contribution in [3.8, 4) is 0 Å². The molecule has 4 rings (SSSR count). The Morgan fingerprint density at radius 1 is 1.23 bits per heavy atom. The lowest BCUT2D eigenvalue weighted by Gasteiger charge is -2.29. The van der Waals surface area contributed by atoms with Crippen LogP contribution in [0.4, 0.5) is 5.69 Å². The van der Waals surface area contributed by atoms with E-state index in [0.717, 1.165) is 41.5 Å². The van der Waals surface area contributed by atoms with Gasteiger partial charge in [0.25, 0.3) is 11.5 Å². The van der Waals surface area contributed by atoms with Crippen LogP contribution in [0.25, 0.3) is 0 Å². The molecule has 2 aliphatic heterocycles. The van der Waals surface area contributed by atoms with Crippen molar-refractivity contribution >= 4 is 11.6 Å². The maximum atomic E-state index is 13.0. The number of ether oxygens (including phenoxy) is 1. The summed E-state index contributed by atoms with van der Waals surface area (Å²) in [7, 11) is 0. The van der Waals surface area contributed by atoms with Gasteiger partial charge in [0.15, 0.2) is 0 Å². The summed E-state index contributed by atoms with van der Waals surface area (Å²) in [6.07, 6.45) is 4.56. The molecule has 2 aromatic rings. The largest absolute Gasteiger partial charge is 0.376 e. The first-order valence-corrected chi connectivity index (χ1v) is 8.99. The zero-order valence-electron chi connectivity index (χ0n) is 14.4. The van der Waals surface area contributed by atoms with E-state index in [1.165, 1.54) is 6.20 Å². The molecule has 7 heteroatoms. The van der Waals surface area contributed by atoms with Gasteiger partial charge in [-0.25, -0.2) is 4.79 Å². The number of nitrogens with one attached hydrogen (secondary N) is 1. The van der Waals surface area contributed by atoms with Crippen LogP contribution in [0.3, 0.4) is 0 Å². The second-order valence-electron chi connectivity index (χ2n) is 6.75. The zero-order valence-corrected chi connectivity index (χ0v) is 14.4. The van der Waals surface area contributed by atoms with Crippen LogP contribution < -0.4 is 16.1 Å². The van der Waals surface area contributed by atoms with Crippen molar-refractivity contribution in [1.29, 1.82) is 0 Å². The third-order valence-corrected chi connectivity index (χ3v) is 5.06. The van der Waals surface area contributed by atoms with E-state index in [1.807, 2.05) is 24.3 Å². The molecular weight excluding hydrogens is 334 g/mol. The Kier molecular flexibility index (Phi) is 4.46. The summed E-state index contributed by atoms with van der Waals surface area (Å²) in [4.78, 5) is 42.1. The number of amides is 1. The Bertz CT molecular complexity index is 940. The summed E-state index contributed by atoms with van der Waals surface area (Å²) in [5.74, 6) is -0.375. The van der Waals surface area contributed by atoms with Crippen LogP contribution in [-0.2, 0) is 17.7 Å². The molecule has 3 heterocycles. The number of para-hydroxylation sites is 1. The molecule has 1 unspecified atom stereocenters. The molecule has 0 spiro atoms. The highest BCUT2D eigenvalue weighted by atomic mass is 16.5. The average Bonchev–Trinajstić information content (AvgIpc) is 3.17. The molecule has 1 saturated heterocycles. The smallest absolute Gasteiger partial charge is 0.328 e. The molecule has 0 aliphatic carbocycles. The van der Waals surface area contributed by atoms with Crippen molar-refractivity contribution in [2.75, 3.05) is 18.1 Å². The minimum atomic E-state index is -0.558. The Morgan fingerprint density at radius 3 is 2.88 bits per heavy atom. The van der Waals surface area contributed by atoms with Gasteiger partial charge in [-0.05, 0) is 37.3 Å². The predicted molar refractivity (Wildman–Crippen MR) is 96.7 cm³/mol. The molecular formula is C19H21N3O4. The lowest BCUT2D eigenvalue weighted by atomic mass is 10.0. The van der Waals surface area contributed by atoms with Crippen molar-refractivity contribution in [1.82, 2.24) is 9.55 Å². The number of hydrogen-bond acceptors (Lipinski definition) is 4. The fourth-order valence-electron chi connectivity index (χ4n) is 3.71. The molecule has 1 aromatic heterocycles. The standard InChI is InChI=1S/C19H21N3O4/c23-17(21-9-3-6-13-5-1-2-8-16(13)21)15-11-20-19(25)22(18(15)24)12-14-7-4-10-26-14/h1-2,5,8,11,14H,3-4,6-7,9-10,12H2,(H,20,25). The van der Waals surface area contributed by atoms with E-state index in [0.29, 0.717) is 13.2 Å². The van der Waals surface area contributed by atoms with Crippen molar-refractivity contribution in [2.45, 2.75) is 38.3 Å². The molecule has 7 nitrogen and oxygen atoms in total. The lowest BCUT2D eigenvalue weighted by molar-refractivity contribution is 0.0935. The minimum absolute atomic E-state index is 0.0145. The highest BCUT2D eigenvalue weighted by molar-refractivity contribution is 6.06. The number of nitrogens with zero attached hydrogens (tertiary/aromatic N) is 2. The van der Waals surface area contributed by atoms with Gasteiger partial charge >= 0.3 is 5.69 Å². The van der Waals surface area contributed by atoms with Gasteiger partial charge in [-0.15, -0.1) is 0 Å². The number of carbonyl (C=O) groups is 1. The highest BCUT2D eigenvalue weighted by Gasteiger charge is 2.27. The van der Waals surface area contributed by atoms with Crippen LogP contribution in [0, 0.1) is 0 Å². The zero-order chi connectivity index (χ0) is 18.1. The van der Waals surface area contributed by atoms with E-state index in [4.69, 9.17) is 4.74 Å². The van der Waals surface area contributed by atoms with Crippen molar-refractivity contribution in [3.63, 3.8) is 0 Å². The number of H-pyrrole nitrogens is 1. The minimum Gasteiger partial charge on any atom is -0.376 e.